The van der Waals surface area contributed by atoms with Crippen LogP contribution in [0.1, 0.15) is 31.1 Å². The number of piperazine rings is 1. The van der Waals surface area contributed by atoms with Crippen molar-refractivity contribution in [2.75, 3.05) is 45.6 Å². The molecule has 2 aromatic rings. The number of imide groups is 1. The Morgan fingerprint density at radius 3 is 2.29 bits per heavy atom. The van der Waals surface area contributed by atoms with Crippen LogP contribution in [0.2, 0.25) is 0 Å². The topological polar surface area (TPSA) is 107 Å². The molecule has 31 heavy (non-hydrogen) atoms. The Balaban J connectivity index is 1.54. The second-order valence-corrected chi connectivity index (χ2v) is 9.56. The Labute approximate surface area is 180 Å². The van der Waals surface area contributed by atoms with Gasteiger partial charge in [-0.2, -0.15) is 4.31 Å². The van der Waals surface area contributed by atoms with E-state index in [1.54, 1.807) is 0 Å². The molecule has 0 aromatic heterocycles. The lowest BCUT2D eigenvalue weighted by Gasteiger charge is -2.31. The fourth-order valence-electron chi connectivity index (χ4n) is 3.62. The van der Waals surface area contributed by atoms with Crippen molar-refractivity contribution in [2.24, 2.45) is 0 Å². The number of nitrogens with zero attached hydrogens (tertiary/aromatic N) is 3. The molecule has 9 nitrogen and oxygen atoms in total. The van der Waals surface area contributed by atoms with Crippen LogP contribution >= 0.6 is 0 Å². The minimum Gasteiger partial charge on any atom is -0.322 e. The van der Waals surface area contributed by atoms with E-state index in [4.69, 9.17) is 0 Å². The maximum Gasteiger partial charge on any atom is 0.261 e. The van der Waals surface area contributed by atoms with Gasteiger partial charge in [-0.05, 0) is 43.4 Å². The van der Waals surface area contributed by atoms with Gasteiger partial charge in [-0.25, -0.2) is 8.42 Å². The number of fused-ring (bicyclic) bond motifs is 1. The molecule has 0 radical (unpaired) electrons. The summed E-state index contributed by atoms with van der Waals surface area (Å²) in [7, 11) is -0.365. The van der Waals surface area contributed by atoms with E-state index < -0.39 is 21.8 Å². The summed E-state index contributed by atoms with van der Waals surface area (Å²) >= 11 is 0. The molecule has 0 unspecified atom stereocenters. The van der Waals surface area contributed by atoms with E-state index in [9.17, 15) is 22.8 Å². The molecule has 162 valence electrons. The molecule has 1 N–H and O–H groups in total. The first-order valence-corrected chi connectivity index (χ1v) is 11.2. The number of carbonyl (C=O) groups is 3. The molecule has 0 spiro atoms. The van der Waals surface area contributed by atoms with E-state index in [0.717, 1.165) is 4.90 Å². The number of amides is 3. The SMILES string of the molecule is CN1CCN(S(=O)(=O)c2cccc(C(=O)Nc3ccc4c(c3)C(=O)N(C)C4=O)c2)CC1. The van der Waals surface area contributed by atoms with Crippen LogP contribution in [0.15, 0.2) is 47.4 Å². The minimum absolute atomic E-state index is 0.0565. The standard InChI is InChI=1S/C21H22N4O5S/c1-23-8-10-25(11-9-23)31(29,30)16-5-3-4-14(12-16)19(26)22-15-6-7-17-18(13-15)21(28)24(2)20(17)27/h3-7,12-13H,8-11H2,1-2H3,(H,22,26). The molecule has 0 saturated carbocycles. The zero-order valence-corrected chi connectivity index (χ0v) is 18.0. The van der Waals surface area contributed by atoms with Gasteiger partial charge in [0.1, 0.15) is 0 Å². The van der Waals surface area contributed by atoms with E-state index in [1.165, 1.54) is 53.8 Å². The van der Waals surface area contributed by atoms with Gasteiger partial charge in [-0.15, -0.1) is 0 Å². The van der Waals surface area contributed by atoms with Crippen LogP contribution in [-0.4, -0.2) is 80.5 Å². The molecule has 3 amide bonds. The molecule has 10 heteroatoms. The maximum absolute atomic E-state index is 13.0. The monoisotopic (exact) mass is 442 g/mol. The van der Waals surface area contributed by atoms with Crippen molar-refractivity contribution in [1.29, 1.82) is 0 Å². The Morgan fingerprint density at radius 2 is 1.58 bits per heavy atom. The third-order valence-corrected chi connectivity index (χ3v) is 7.44. The van der Waals surface area contributed by atoms with Gasteiger partial charge in [-0.1, -0.05) is 6.07 Å². The zero-order chi connectivity index (χ0) is 22.3. The molecule has 2 aliphatic rings. The molecule has 1 fully saturated rings. The summed E-state index contributed by atoms with van der Waals surface area (Å²) in [5.74, 6) is -1.34. The van der Waals surface area contributed by atoms with Gasteiger partial charge in [0.25, 0.3) is 17.7 Å². The van der Waals surface area contributed by atoms with Gasteiger partial charge in [-0.3, -0.25) is 19.3 Å². The number of anilines is 1. The number of likely N-dealkylation sites (N-methyl/N-ethyl adjacent to an activating group) is 1. The normalized spacial score (nSPS) is 17.7. The van der Waals surface area contributed by atoms with Crippen molar-refractivity contribution in [1.82, 2.24) is 14.1 Å². The molecule has 4 rings (SSSR count). The number of nitrogens with one attached hydrogen (secondary N) is 1. The molecule has 1 saturated heterocycles. The van der Waals surface area contributed by atoms with Gasteiger partial charge in [0.2, 0.25) is 10.0 Å². The van der Waals surface area contributed by atoms with Gasteiger partial charge >= 0.3 is 0 Å². The van der Waals surface area contributed by atoms with Gasteiger partial charge in [0, 0.05) is 44.5 Å². The second kappa shape index (κ2) is 7.88. The van der Waals surface area contributed by atoms with Crippen LogP contribution < -0.4 is 5.32 Å². The van der Waals surface area contributed by atoms with Gasteiger partial charge in [0.15, 0.2) is 0 Å². The molecular weight excluding hydrogens is 420 g/mol. The van der Waals surface area contributed by atoms with Crippen LogP contribution in [0.5, 0.6) is 0 Å². The number of hydrogen-bond donors (Lipinski definition) is 1. The summed E-state index contributed by atoms with van der Waals surface area (Å²) in [4.78, 5) is 40.0. The molecule has 2 heterocycles. The summed E-state index contributed by atoms with van der Waals surface area (Å²) < 4.78 is 27.3. The lowest BCUT2D eigenvalue weighted by Crippen LogP contribution is -2.47. The molecule has 0 atom stereocenters. The molecule has 0 bridgehead atoms. The number of benzene rings is 2. The van der Waals surface area contributed by atoms with E-state index in [2.05, 4.69) is 10.2 Å². The van der Waals surface area contributed by atoms with Crippen LogP contribution in [0.4, 0.5) is 5.69 Å². The Morgan fingerprint density at radius 1 is 0.903 bits per heavy atom. The summed E-state index contributed by atoms with van der Waals surface area (Å²) in [6.45, 7) is 2.08. The van der Waals surface area contributed by atoms with E-state index >= 15 is 0 Å². The van der Waals surface area contributed by atoms with E-state index in [1.807, 2.05) is 7.05 Å². The lowest BCUT2D eigenvalue weighted by atomic mass is 10.1. The van der Waals surface area contributed by atoms with E-state index in [-0.39, 0.29) is 27.5 Å². The van der Waals surface area contributed by atoms with Crippen molar-refractivity contribution in [2.45, 2.75) is 4.90 Å². The Hall–Kier alpha value is -3.08. The second-order valence-electron chi connectivity index (χ2n) is 7.62. The number of hydrogen-bond acceptors (Lipinski definition) is 6. The summed E-state index contributed by atoms with van der Waals surface area (Å²) in [5, 5.41) is 2.67. The number of rotatable bonds is 4. The Kier molecular flexibility index (Phi) is 5.38. The van der Waals surface area contributed by atoms with Crippen molar-refractivity contribution in [3.8, 4) is 0 Å². The summed E-state index contributed by atoms with van der Waals surface area (Å²) in [5.41, 5.74) is 1.02. The van der Waals surface area contributed by atoms with Crippen molar-refractivity contribution in [3.05, 3.63) is 59.2 Å². The third kappa shape index (κ3) is 3.85. The van der Waals surface area contributed by atoms with Crippen LogP contribution in [0, 0.1) is 0 Å². The zero-order valence-electron chi connectivity index (χ0n) is 17.2. The highest BCUT2D eigenvalue weighted by Crippen LogP contribution is 2.25. The van der Waals surface area contributed by atoms with Crippen molar-refractivity contribution >= 4 is 33.4 Å². The van der Waals surface area contributed by atoms with Gasteiger partial charge < -0.3 is 10.2 Å². The van der Waals surface area contributed by atoms with Crippen LogP contribution in [0.25, 0.3) is 0 Å². The van der Waals surface area contributed by atoms with E-state index in [0.29, 0.717) is 31.9 Å². The molecular formula is C21H22N4O5S. The molecule has 0 aliphatic carbocycles. The smallest absolute Gasteiger partial charge is 0.261 e. The fourth-order valence-corrected chi connectivity index (χ4v) is 5.09. The van der Waals surface area contributed by atoms with Gasteiger partial charge in [0.05, 0.1) is 16.0 Å². The van der Waals surface area contributed by atoms with Crippen LogP contribution in [-0.2, 0) is 10.0 Å². The predicted molar refractivity (Wildman–Crippen MR) is 114 cm³/mol. The highest BCUT2D eigenvalue weighted by Gasteiger charge is 2.33. The Bertz CT molecular complexity index is 1190. The first kappa shape index (κ1) is 21.2. The van der Waals surface area contributed by atoms with Crippen LogP contribution in [0.3, 0.4) is 0 Å². The highest BCUT2D eigenvalue weighted by atomic mass is 32.2. The first-order valence-electron chi connectivity index (χ1n) is 9.75. The third-order valence-electron chi connectivity index (χ3n) is 5.54. The maximum atomic E-state index is 13.0. The average molecular weight is 442 g/mol. The highest BCUT2D eigenvalue weighted by molar-refractivity contribution is 7.89. The summed E-state index contributed by atoms with van der Waals surface area (Å²) in [6, 6.07) is 10.3. The predicted octanol–water partition coefficient (Wildman–Crippen LogP) is 1.10. The first-order chi connectivity index (χ1) is 14.7. The lowest BCUT2D eigenvalue weighted by molar-refractivity contribution is 0.0692. The largest absolute Gasteiger partial charge is 0.322 e. The molecule has 2 aliphatic heterocycles. The average Bonchev–Trinajstić information content (AvgIpc) is 2.98. The quantitative estimate of drug-likeness (QED) is 0.711. The number of carbonyl (C=O) groups excluding carboxylic acids is 3. The minimum atomic E-state index is -3.70. The summed E-state index contributed by atoms with van der Waals surface area (Å²) in [6.07, 6.45) is 0. The van der Waals surface area contributed by atoms with Crippen molar-refractivity contribution in [3.63, 3.8) is 0 Å². The van der Waals surface area contributed by atoms with Crippen molar-refractivity contribution < 1.29 is 22.8 Å². The number of sulfonamides is 1. The fraction of sp³-hybridized carbons (Fsp3) is 0.286. The molecule has 2 aromatic carbocycles.